The van der Waals surface area contributed by atoms with Crippen LogP contribution >= 0.6 is 0 Å². The molecule has 3 saturated carbocycles. The van der Waals surface area contributed by atoms with Crippen molar-refractivity contribution in [2.24, 2.45) is 17.8 Å². The van der Waals surface area contributed by atoms with Crippen molar-refractivity contribution in [2.75, 3.05) is 0 Å². The molecule has 5 rings (SSSR count). The molecule has 3 fully saturated rings. The molecule has 0 aliphatic heterocycles. The zero-order valence-electron chi connectivity index (χ0n) is 11.8. The highest BCUT2D eigenvalue weighted by Crippen LogP contribution is 2.50. The summed E-state index contributed by atoms with van der Waals surface area (Å²) in [7, 11) is 0. The van der Waals surface area contributed by atoms with E-state index in [0.29, 0.717) is 0 Å². The Balaban J connectivity index is 1.52. The van der Waals surface area contributed by atoms with Crippen molar-refractivity contribution in [3.63, 3.8) is 0 Å². The molecule has 0 N–H and O–H groups in total. The zero-order chi connectivity index (χ0) is 13.5. The quantitative estimate of drug-likeness (QED) is 0.758. The number of carbonyl (C=O) groups is 1. The van der Waals surface area contributed by atoms with Crippen molar-refractivity contribution in [1.82, 2.24) is 4.57 Å². The van der Waals surface area contributed by atoms with Crippen LogP contribution in [-0.2, 0) is 6.54 Å². The summed E-state index contributed by atoms with van der Waals surface area (Å²) in [4.78, 5) is 11.1. The highest BCUT2D eigenvalue weighted by Gasteiger charge is 2.39. The number of fused-ring (bicyclic) bond motifs is 3. The van der Waals surface area contributed by atoms with Crippen LogP contribution < -0.4 is 0 Å². The number of aromatic nitrogens is 1. The molecule has 1 unspecified atom stereocenters. The van der Waals surface area contributed by atoms with Crippen LogP contribution in [0.2, 0.25) is 0 Å². The highest BCUT2D eigenvalue weighted by atomic mass is 16.1. The van der Waals surface area contributed by atoms with Gasteiger partial charge in [0, 0.05) is 29.2 Å². The predicted molar refractivity (Wildman–Crippen MR) is 80.9 cm³/mol. The van der Waals surface area contributed by atoms with Crippen molar-refractivity contribution in [3.05, 3.63) is 36.0 Å². The second-order valence-electron chi connectivity index (χ2n) is 6.63. The minimum Gasteiger partial charge on any atom is -0.347 e. The fourth-order valence-corrected chi connectivity index (χ4v) is 4.32. The number of aryl methyl sites for hydroxylation is 1. The third kappa shape index (κ3) is 1.90. The fraction of sp³-hybridized carbons (Fsp3) is 0.500. The van der Waals surface area contributed by atoms with Gasteiger partial charge in [0.05, 0.1) is 0 Å². The lowest BCUT2D eigenvalue weighted by Crippen LogP contribution is -2.36. The standard InChI is InChI=1S/C18H21NO/c20-12-15-2-1-3-18-17(15)7-9-19(18)8-6-14-5-4-13-10-16(14)11-13/h1-3,7,9,12-14,16H,4-6,8,10-11H2. The average molecular weight is 267 g/mol. The molecule has 1 heterocycles. The first-order valence-corrected chi connectivity index (χ1v) is 7.88. The molecular weight excluding hydrogens is 246 g/mol. The Labute approximate surface area is 119 Å². The lowest BCUT2D eigenvalue weighted by molar-refractivity contribution is 0.0432. The highest BCUT2D eigenvalue weighted by molar-refractivity contribution is 5.97. The lowest BCUT2D eigenvalue weighted by atomic mass is 9.59. The second-order valence-corrected chi connectivity index (χ2v) is 6.63. The molecule has 3 aliphatic rings. The van der Waals surface area contributed by atoms with E-state index in [-0.39, 0.29) is 0 Å². The van der Waals surface area contributed by atoms with Crippen molar-refractivity contribution < 1.29 is 4.79 Å². The Morgan fingerprint density at radius 2 is 2.10 bits per heavy atom. The van der Waals surface area contributed by atoms with E-state index in [4.69, 9.17) is 0 Å². The van der Waals surface area contributed by atoms with E-state index >= 15 is 0 Å². The van der Waals surface area contributed by atoms with Crippen molar-refractivity contribution in [3.8, 4) is 0 Å². The van der Waals surface area contributed by atoms with E-state index in [0.717, 1.165) is 41.5 Å². The van der Waals surface area contributed by atoms with Crippen LogP contribution in [0.3, 0.4) is 0 Å². The van der Waals surface area contributed by atoms with Gasteiger partial charge in [0.15, 0.2) is 6.29 Å². The van der Waals surface area contributed by atoms with Crippen LogP contribution in [0.5, 0.6) is 0 Å². The van der Waals surface area contributed by atoms with Gasteiger partial charge in [-0.3, -0.25) is 4.79 Å². The van der Waals surface area contributed by atoms with Crippen LogP contribution in [-0.4, -0.2) is 10.9 Å². The molecule has 0 spiro atoms. The Morgan fingerprint density at radius 3 is 2.85 bits per heavy atom. The molecule has 1 aromatic heterocycles. The van der Waals surface area contributed by atoms with Gasteiger partial charge in [0.2, 0.25) is 0 Å². The molecule has 2 nitrogen and oxygen atoms in total. The van der Waals surface area contributed by atoms with E-state index in [1.807, 2.05) is 12.1 Å². The van der Waals surface area contributed by atoms with Gasteiger partial charge in [-0.1, -0.05) is 18.6 Å². The summed E-state index contributed by atoms with van der Waals surface area (Å²) in [6.45, 7) is 1.09. The Morgan fingerprint density at radius 1 is 1.20 bits per heavy atom. The molecule has 2 aromatic rings. The van der Waals surface area contributed by atoms with Crippen LogP contribution in [0.1, 0.15) is 42.5 Å². The molecule has 2 bridgehead atoms. The van der Waals surface area contributed by atoms with Gasteiger partial charge in [-0.15, -0.1) is 0 Å². The normalized spacial score (nSPS) is 28.3. The van der Waals surface area contributed by atoms with E-state index in [1.54, 1.807) is 0 Å². The topological polar surface area (TPSA) is 22.0 Å². The van der Waals surface area contributed by atoms with Gasteiger partial charge < -0.3 is 4.57 Å². The van der Waals surface area contributed by atoms with E-state index in [2.05, 4.69) is 22.9 Å². The summed E-state index contributed by atoms with van der Waals surface area (Å²) in [5.41, 5.74) is 2.01. The monoisotopic (exact) mass is 267 g/mol. The Bertz CT molecular complexity index is 633. The number of carbonyl (C=O) groups excluding carboxylic acids is 1. The number of benzene rings is 1. The van der Waals surface area contributed by atoms with Crippen molar-refractivity contribution in [2.45, 2.75) is 38.6 Å². The molecule has 0 saturated heterocycles. The van der Waals surface area contributed by atoms with Crippen molar-refractivity contribution in [1.29, 1.82) is 0 Å². The third-order valence-electron chi connectivity index (χ3n) is 5.60. The fourth-order valence-electron chi connectivity index (χ4n) is 4.32. The molecule has 104 valence electrons. The zero-order valence-corrected chi connectivity index (χ0v) is 11.8. The maximum Gasteiger partial charge on any atom is 0.150 e. The first kappa shape index (κ1) is 12.2. The summed E-state index contributed by atoms with van der Waals surface area (Å²) < 4.78 is 2.33. The number of hydrogen-bond acceptors (Lipinski definition) is 1. The second kappa shape index (κ2) is 4.76. The number of aldehydes is 1. The van der Waals surface area contributed by atoms with Crippen LogP contribution in [0.25, 0.3) is 10.9 Å². The van der Waals surface area contributed by atoms with Gasteiger partial charge in [-0.2, -0.15) is 0 Å². The summed E-state index contributed by atoms with van der Waals surface area (Å²) in [6, 6.07) is 8.09. The van der Waals surface area contributed by atoms with E-state index in [1.165, 1.54) is 37.6 Å². The maximum absolute atomic E-state index is 11.1. The molecule has 3 aliphatic carbocycles. The summed E-state index contributed by atoms with van der Waals surface area (Å²) in [5.74, 6) is 3.02. The van der Waals surface area contributed by atoms with Gasteiger partial charge >= 0.3 is 0 Å². The van der Waals surface area contributed by atoms with E-state index in [9.17, 15) is 4.79 Å². The summed E-state index contributed by atoms with van der Waals surface area (Å²) in [5, 5.41) is 1.09. The van der Waals surface area contributed by atoms with Gasteiger partial charge in [-0.05, 0) is 55.6 Å². The molecule has 1 aromatic carbocycles. The van der Waals surface area contributed by atoms with Gasteiger partial charge in [0.1, 0.15) is 0 Å². The Hall–Kier alpha value is -1.57. The molecule has 1 atom stereocenters. The number of rotatable bonds is 4. The van der Waals surface area contributed by atoms with E-state index < -0.39 is 0 Å². The van der Waals surface area contributed by atoms with Gasteiger partial charge in [-0.25, -0.2) is 0 Å². The number of nitrogens with zero attached hydrogens (tertiary/aromatic N) is 1. The lowest BCUT2D eigenvalue weighted by Gasteiger charge is -2.47. The smallest absolute Gasteiger partial charge is 0.150 e. The van der Waals surface area contributed by atoms with Crippen molar-refractivity contribution >= 4 is 17.2 Å². The summed E-state index contributed by atoms with van der Waals surface area (Å²) >= 11 is 0. The SMILES string of the molecule is O=Cc1cccc2c1ccn2CCC1CCC2CC1C2. The number of hydrogen-bond donors (Lipinski definition) is 0. The average Bonchev–Trinajstić information content (AvgIpc) is 2.87. The van der Waals surface area contributed by atoms with Crippen LogP contribution in [0.4, 0.5) is 0 Å². The first-order valence-electron chi connectivity index (χ1n) is 7.88. The maximum atomic E-state index is 11.1. The molecule has 0 radical (unpaired) electrons. The predicted octanol–water partition coefficient (Wildman–Crippen LogP) is 4.28. The first-order chi connectivity index (χ1) is 9.85. The van der Waals surface area contributed by atoms with Crippen LogP contribution in [0.15, 0.2) is 30.5 Å². The minimum atomic E-state index is 0.806. The molecular formula is C18H21NO. The third-order valence-corrected chi connectivity index (χ3v) is 5.60. The Kier molecular flexibility index (Phi) is 2.90. The molecule has 0 amide bonds. The van der Waals surface area contributed by atoms with Gasteiger partial charge in [0.25, 0.3) is 0 Å². The molecule has 2 heteroatoms. The van der Waals surface area contributed by atoms with Crippen LogP contribution in [0, 0.1) is 17.8 Å². The summed E-state index contributed by atoms with van der Waals surface area (Å²) in [6.07, 6.45) is 10.3. The minimum absolute atomic E-state index is 0.806. The molecule has 20 heavy (non-hydrogen) atoms. The largest absolute Gasteiger partial charge is 0.347 e.